The van der Waals surface area contributed by atoms with Crippen LogP contribution in [0.15, 0.2) is 18.2 Å². The van der Waals surface area contributed by atoms with Gasteiger partial charge in [-0.1, -0.05) is 17.7 Å². The van der Waals surface area contributed by atoms with E-state index in [0.717, 1.165) is 37.9 Å². The van der Waals surface area contributed by atoms with Gasteiger partial charge in [-0.25, -0.2) is 4.39 Å². The van der Waals surface area contributed by atoms with Crippen LogP contribution in [-0.2, 0) is 6.42 Å². The molecular formula is C16H23ClFNO. The van der Waals surface area contributed by atoms with Gasteiger partial charge >= 0.3 is 0 Å². The van der Waals surface area contributed by atoms with Gasteiger partial charge in [0.25, 0.3) is 0 Å². The Kier molecular flexibility index (Phi) is 5.05. The van der Waals surface area contributed by atoms with Crippen LogP contribution < -0.4 is 0 Å². The Morgan fingerprint density at radius 2 is 2.10 bits per heavy atom. The minimum absolute atomic E-state index is 0.336. The fourth-order valence-corrected chi connectivity index (χ4v) is 3.15. The number of halogens is 2. The molecule has 0 radical (unpaired) electrons. The van der Waals surface area contributed by atoms with Crippen molar-refractivity contribution in [1.29, 1.82) is 0 Å². The van der Waals surface area contributed by atoms with E-state index in [0.29, 0.717) is 17.5 Å². The lowest BCUT2D eigenvalue weighted by Crippen LogP contribution is -2.35. The van der Waals surface area contributed by atoms with Crippen LogP contribution in [0.4, 0.5) is 4.39 Å². The monoisotopic (exact) mass is 299 g/mol. The van der Waals surface area contributed by atoms with E-state index in [1.54, 1.807) is 6.07 Å². The SMILES string of the molecule is CC(C)N1CCCC(O)(Cc2ccc(F)cc2Cl)CC1. The second-order valence-electron chi connectivity index (χ2n) is 6.12. The van der Waals surface area contributed by atoms with E-state index in [1.165, 1.54) is 12.1 Å². The molecule has 2 nitrogen and oxygen atoms in total. The molecule has 112 valence electrons. The van der Waals surface area contributed by atoms with Crippen molar-refractivity contribution < 1.29 is 9.50 Å². The molecule has 1 fully saturated rings. The molecule has 1 aromatic carbocycles. The molecule has 0 saturated carbocycles. The standard InChI is InChI=1S/C16H23ClFNO/c1-12(2)19-8-3-6-16(20,7-9-19)11-13-4-5-14(18)10-15(13)17/h4-5,10,12,20H,3,6-9,11H2,1-2H3. The van der Waals surface area contributed by atoms with E-state index in [4.69, 9.17) is 11.6 Å². The van der Waals surface area contributed by atoms with Gasteiger partial charge in [0.15, 0.2) is 0 Å². The Morgan fingerprint density at radius 1 is 1.35 bits per heavy atom. The Balaban J connectivity index is 2.07. The van der Waals surface area contributed by atoms with Gasteiger partial charge in [-0.15, -0.1) is 0 Å². The number of likely N-dealkylation sites (tertiary alicyclic amines) is 1. The number of rotatable bonds is 3. The van der Waals surface area contributed by atoms with Crippen LogP contribution in [0.2, 0.25) is 5.02 Å². The summed E-state index contributed by atoms with van der Waals surface area (Å²) in [5, 5.41) is 11.2. The molecule has 1 saturated heterocycles. The van der Waals surface area contributed by atoms with Crippen LogP contribution in [0.5, 0.6) is 0 Å². The minimum atomic E-state index is -0.731. The number of hydrogen-bond acceptors (Lipinski definition) is 2. The van der Waals surface area contributed by atoms with E-state index < -0.39 is 5.60 Å². The average Bonchev–Trinajstić information content (AvgIpc) is 2.55. The normalized spacial score (nSPS) is 24.9. The van der Waals surface area contributed by atoms with Crippen LogP contribution in [-0.4, -0.2) is 34.7 Å². The Morgan fingerprint density at radius 3 is 2.75 bits per heavy atom. The third kappa shape index (κ3) is 3.94. The van der Waals surface area contributed by atoms with Gasteiger partial charge in [0.05, 0.1) is 5.60 Å². The van der Waals surface area contributed by atoms with Crippen LogP contribution in [0.1, 0.15) is 38.7 Å². The molecule has 1 unspecified atom stereocenters. The first-order valence-electron chi connectivity index (χ1n) is 7.30. The summed E-state index contributed by atoms with van der Waals surface area (Å²) in [4.78, 5) is 2.39. The zero-order valence-electron chi connectivity index (χ0n) is 12.2. The Labute approximate surface area is 125 Å². The van der Waals surface area contributed by atoms with Crippen molar-refractivity contribution >= 4 is 11.6 Å². The van der Waals surface area contributed by atoms with Gasteiger partial charge in [-0.05, 0) is 57.4 Å². The highest BCUT2D eigenvalue weighted by Gasteiger charge is 2.31. The van der Waals surface area contributed by atoms with Gasteiger partial charge in [0, 0.05) is 24.0 Å². The molecule has 0 aliphatic carbocycles. The van der Waals surface area contributed by atoms with E-state index in [1.807, 2.05) is 0 Å². The van der Waals surface area contributed by atoms with E-state index >= 15 is 0 Å². The predicted molar refractivity (Wildman–Crippen MR) is 80.6 cm³/mol. The lowest BCUT2D eigenvalue weighted by Gasteiger charge is -2.28. The molecule has 1 N–H and O–H groups in total. The number of hydrogen-bond donors (Lipinski definition) is 1. The summed E-state index contributed by atoms with van der Waals surface area (Å²) >= 11 is 6.07. The average molecular weight is 300 g/mol. The van der Waals surface area contributed by atoms with Gasteiger partial charge < -0.3 is 10.0 Å². The zero-order valence-corrected chi connectivity index (χ0v) is 13.0. The number of nitrogens with zero attached hydrogens (tertiary/aromatic N) is 1. The summed E-state index contributed by atoms with van der Waals surface area (Å²) in [6.07, 6.45) is 2.98. The third-order valence-electron chi connectivity index (χ3n) is 4.22. The summed E-state index contributed by atoms with van der Waals surface area (Å²) in [6.45, 7) is 6.28. The molecule has 2 rings (SSSR count). The maximum Gasteiger partial charge on any atom is 0.124 e. The van der Waals surface area contributed by atoms with Gasteiger partial charge in [0.1, 0.15) is 5.82 Å². The van der Waals surface area contributed by atoms with Crippen molar-refractivity contribution in [3.8, 4) is 0 Å². The highest BCUT2D eigenvalue weighted by atomic mass is 35.5. The molecule has 1 aromatic rings. The van der Waals surface area contributed by atoms with E-state index in [-0.39, 0.29) is 5.82 Å². The van der Waals surface area contributed by atoms with Crippen LogP contribution in [0, 0.1) is 5.82 Å². The lowest BCUT2D eigenvalue weighted by atomic mass is 9.88. The molecule has 0 aromatic heterocycles. The molecule has 4 heteroatoms. The molecule has 1 aliphatic rings. The summed E-state index contributed by atoms with van der Waals surface area (Å²) < 4.78 is 13.1. The molecule has 1 heterocycles. The second-order valence-corrected chi connectivity index (χ2v) is 6.53. The number of aliphatic hydroxyl groups is 1. The predicted octanol–water partition coefficient (Wildman–Crippen LogP) is 3.65. The lowest BCUT2D eigenvalue weighted by molar-refractivity contribution is 0.0249. The van der Waals surface area contributed by atoms with Gasteiger partial charge in [-0.2, -0.15) is 0 Å². The minimum Gasteiger partial charge on any atom is -0.389 e. The number of benzene rings is 1. The fraction of sp³-hybridized carbons (Fsp3) is 0.625. The Bertz CT molecular complexity index is 466. The first kappa shape index (κ1) is 15.7. The molecule has 1 atom stereocenters. The summed E-state index contributed by atoms with van der Waals surface area (Å²) in [7, 11) is 0. The largest absolute Gasteiger partial charge is 0.389 e. The maximum absolute atomic E-state index is 13.1. The van der Waals surface area contributed by atoms with Gasteiger partial charge in [-0.3, -0.25) is 0 Å². The quantitative estimate of drug-likeness (QED) is 0.921. The fourth-order valence-electron chi connectivity index (χ4n) is 2.91. The van der Waals surface area contributed by atoms with E-state index in [9.17, 15) is 9.50 Å². The molecule has 1 aliphatic heterocycles. The molecule has 20 heavy (non-hydrogen) atoms. The highest BCUT2D eigenvalue weighted by molar-refractivity contribution is 6.31. The van der Waals surface area contributed by atoms with Crippen molar-refractivity contribution in [3.63, 3.8) is 0 Å². The molecular weight excluding hydrogens is 277 g/mol. The van der Waals surface area contributed by atoms with Crippen molar-refractivity contribution in [2.75, 3.05) is 13.1 Å². The molecule has 0 spiro atoms. The third-order valence-corrected chi connectivity index (χ3v) is 4.57. The van der Waals surface area contributed by atoms with Crippen molar-refractivity contribution in [3.05, 3.63) is 34.6 Å². The molecule has 0 bridgehead atoms. The van der Waals surface area contributed by atoms with Crippen LogP contribution in [0.25, 0.3) is 0 Å². The van der Waals surface area contributed by atoms with E-state index in [2.05, 4.69) is 18.7 Å². The Hall–Kier alpha value is -0.640. The van der Waals surface area contributed by atoms with Gasteiger partial charge in [0.2, 0.25) is 0 Å². The highest BCUT2D eigenvalue weighted by Crippen LogP contribution is 2.30. The first-order chi connectivity index (χ1) is 9.39. The van der Waals surface area contributed by atoms with Crippen LogP contribution in [0.3, 0.4) is 0 Å². The topological polar surface area (TPSA) is 23.5 Å². The second kappa shape index (κ2) is 6.42. The van der Waals surface area contributed by atoms with Crippen molar-refractivity contribution in [2.45, 2.75) is 51.2 Å². The van der Waals surface area contributed by atoms with Crippen molar-refractivity contribution in [1.82, 2.24) is 4.90 Å². The van der Waals surface area contributed by atoms with Crippen LogP contribution >= 0.6 is 11.6 Å². The summed E-state index contributed by atoms with van der Waals surface area (Å²) in [5.41, 5.74) is 0.0963. The first-order valence-corrected chi connectivity index (χ1v) is 7.68. The zero-order chi connectivity index (χ0) is 14.8. The molecule has 0 amide bonds. The summed E-state index contributed by atoms with van der Waals surface area (Å²) in [5.74, 6) is -0.336. The maximum atomic E-state index is 13.1. The smallest absolute Gasteiger partial charge is 0.124 e. The summed E-state index contributed by atoms with van der Waals surface area (Å²) in [6, 6.07) is 4.91. The van der Waals surface area contributed by atoms with Crippen molar-refractivity contribution in [2.24, 2.45) is 0 Å².